The van der Waals surface area contributed by atoms with Crippen LogP contribution in [0.5, 0.6) is 11.5 Å². The second kappa shape index (κ2) is 10.6. The number of nitro benzene ring substituents is 2. The van der Waals surface area contributed by atoms with Crippen LogP contribution in [0.3, 0.4) is 0 Å². The Morgan fingerprint density at radius 1 is 1.06 bits per heavy atom. The molecule has 1 amide bonds. The Morgan fingerprint density at radius 2 is 1.74 bits per heavy atom. The lowest BCUT2D eigenvalue weighted by atomic mass is 10.1. The number of carbonyl (C=O) groups is 1. The Morgan fingerprint density at radius 3 is 2.34 bits per heavy atom. The summed E-state index contributed by atoms with van der Waals surface area (Å²) in [5.41, 5.74) is -1.43. The van der Waals surface area contributed by atoms with Gasteiger partial charge in [0.15, 0.2) is 5.75 Å². The van der Waals surface area contributed by atoms with Crippen molar-refractivity contribution in [1.29, 1.82) is 5.26 Å². The molecule has 3 aromatic rings. The van der Waals surface area contributed by atoms with Gasteiger partial charge in [0, 0.05) is 22.3 Å². The fourth-order valence-corrected chi connectivity index (χ4v) is 3.34. The molecule has 0 radical (unpaired) electrons. The number of rotatable bonds is 7. The number of nitro groups is 2. The van der Waals surface area contributed by atoms with Gasteiger partial charge in [0.1, 0.15) is 17.5 Å². The molecule has 0 spiro atoms. The number of nitrogens with zero attached hydrogens (tertiary/aromatic N) is 3. The van der Waals surface area contributed by atoms with E-state index in [1.165, 1.54) is 24.3 Å². The van der Waals surface area contributed by atoms with Crippen LogP contribution in [0.4, 0.5) is 21.5 Å². The summed E-state index contributed by atoms with van der Waals surface area (Å²) in [6, 6.07) is 11.8. The van der Waals surface area contributed by atoms with Crippen molar-refractivity contribution in [2.45, 2.75) is 0 Å². The van der Waals surface area contributed by atoms with E-state index in [-0.39, 0.29) is 32.8 Å². The maximum absolute atomic E-state index is 13.1. The summed E-state index contributed by atoms with van der Waals surface area (Å²) in [5.74, 6) is -1.94. The monoisotopic (exact) mass is 516 g/mol. The summed E-state index contributed by atoms with van der Waals surface area (Å²) < 4.78 is 18.7. The highest BCUT2D eigenvalue weighted by Gasteiger charge is 2.23. The first-order valence-electron chi connectivity index (χ1n) is 9.37. The number of amides is 1. The molecule has 0 bridgehead atoms. The van der Waals surface area contributed by atoms with Gasteiger partial charge in [-0.25, -0.2) is 4.39 Å². The number of non-ortho nitro benzene ring substituents is 1. The molecular formula is C22H11Cl2FN4O6. The van der Waals surface area contributed by atoms with E-state index < -0.39 is 38.5 Å². The Hall–Kier alpha value is -4.53. The number of ether oxygens (including phenoxy) is 1. The Kier molecular flexibility index (Phi) is 7.60. The standard InChI is InChI=1S/C22H11Cl2FN4O6/c23-14-8-12(7-13(11-26)22(30)27-16-3-1-15(25)2-4-16)21(18(24)9-14)35-20-6-5-17(28(31)32)10-19(20)29(33)34/h1-10H,(H,27,30)/b13-7+. The van der Waals surface area contributed by atoms with E-state index in [1.807, 2.05) is 0 Å². The van der Waals surface area contributed by atoms with E-state index in [0.717, 1.165) is 30.3 Å². The van der Waals surface area contributed by atoms with E-state index in [2.05, 4.69) is 5.32 Å². The fraction of sp³-hybridized carbons (Fsp3) is 0. The SMILES string of the molecule is N#C/C(=C\c1cc(Cl)cc(Cl)c1Oc1ccc([N+](=O)[O-])cc1[N+](=O)[O-])C(=O)Nc1ccc(F)cc1. The highest BCUT2D eigenvalue weighted by atomic mass is 35.5. The molecule has 0 unspecified atom stereocenters. The van der Waals surface area contributed by atoms with Crippen LogP contribution in [0.15, 0.2) is 60.2 Å². The second-order valence-electron chi connectivity index (χ2n) is 6.71. The van der Waals surface area contributed by atoms with Gasteiger partial charge in [-0.05, 0) is 48.5 Å². The summed E-state index contributed by atoms with van der Waals surface area (Å²) in [4.78, 5) is 33.3. The highest BCUT2D eigenvalue weighted by molar-refractivity contribution is 6.36. The van der Waals surface area contributed by atoms with Crippen molar-refractivity contribution in [3.8, 4) is 17.6 Å². The Labute approximate surface area is 206 Å². The minimum Gasteiger partial charge on any atom is -0.448 e. The van der Waals surface area contributed by atoms with Crippen LogP contribution >= 0.6 is 23.2 Å². The van der Waals surface area contributed by atoms with E-state index in [9.17, 15) is 34.7 Å². The summed E-state index contributed by atoms with van der Waals surface area (Å²) in [6.07, 6.45) is 1.09. The molecule has 0 aliphatic carbocycles. The Balaban J connectivity index is 2.03. The lowest BCUT2D eigenvalue weighted by Gasteiger charge is -2.12. The molecule has 13 heteroatoms. The molecule has 3 rings (SSSR count). The molecule has 0 saturated carbocycles. The normalized spacial score (nSPS) is 10.9. The van der Waals surface area contributed by atoms with Gasteiger partial charge in [0.05, 0.1) is 20.9 Å². The summed E-state index contributed by atoms with van der Waals surface area (Å²) in [7, 11) is 0. The van der Waals surface area contributed by atoms with Gasteiger partial charge in [0.25, 0.3) is 11.6 Å². The van der Waals surface area contributed by atoms with Crippen molar-refractivity contribution < 1.29 is 23.8 Å². The third-order valence-electron chi connectivity index (χ3n) is 4.37. The van der Waals surface area contributed by atoms with Crippen LogP contribution in [0.2, 0.25) is 10.0 Å². The number of carbonyl (C=O) groups excluding carboxylic acids is 1. The quantitative estimate of drug-likeness (QED) is 0.168. The van der Waals surface area contributed by atoms with Crippen LogP contribution < -0.4 is 10.1 Å². The fourth-order valence-electron chi connectivity index (χ4n) is 2.79. The lowest BCUT2D eigenvalue weighted by molar-refractivity contribution is -0.394. The van der Waals surface area contributed by atoms with Crippen LogP contribution in [0, 0.1) is 37.4 Å². The number of nitriles is 1. The minimum atomic E-state index is -0.876. The first-order chi connectivity index (χ1) is 16.6. The molecule has 10 nitrogen and oxygen atoms in total. The number of halogens is 3. The third kappa shape index (κ3) is 6.08. The third-order valence-corrected chi connectivity index (χ3v) is 4.87. The van der Waals surface area contributed by atoms with Crippen molar-refractivity contribution in [3.05, 3.63) is 102 Å². The van der Waals surface area contributed by atoms with Crippen LogP contribution in [-0.4, -0.2) is 15.8 Å². The summed E-state index contributed by atoms with van der Waals surface area (Å²) in [5, 5.41) is 34.3. The number of anilines is 1. The second-order valence-corrected chi connectivity index (χ2v) is 7.55. The topological polar surface area (TPSA) is 148 Å². The van der Waals surface area contributed by atoms with Crippen LogP contribution in [0.1, 0.15) is 5.56 Å². The Bertz CT molecular complexity index is 1420. The average molecular weight is 517 g/mol. The van der Waals surface area contributed by atoms with Gasteiger partial charge < -0.3 is 10.1 Å². The number of benzene rings is 3. The summed E-state index contributed by atoms with van der Waals surface area (Å²) in [6.45, 7) is 0. The molecule has 0 atom stereocenters. The first kappa shape index (κ1) is 25.1. The highest BCUT2D eigenvalue weighted by Crippen LogP contribution is 2.41. The molecule has 0 aliphatic rings. The molecule has 0 saturated heterocycles. The summed E-state index contributed by atoms with van der Waals surface area (Å²) >= 11 is 12.3. The van der Waals surface area contributed by atoms with E-state index >= 15 is 0 Å². The van der Waals surface area contributed by atoms with Gasteiger partial charge >= 0.3 is 5.69 Å². The smallest absolute Gasteiger partial charge is 0.318 e. The largest absolute Gasteiger partial charge is 0.448 e. The molecular weight excluding hydrogens is 506 g/mol. The number of hydrogen-bond donors (Lipinski definition) is 1. The molecule has 0 aliphatic heterocycles. The molecule has 176 valence electrons. The predicted molar refractivity (Wildman–Crippen MR) is 125 cm³/mol. The van der Waals surface area contributed by atoms with Gasteiger partial charge in [-0.1, -0.05) is 23.2 Å². The number of nitrogens with one attached hydrogen (secondary N) is 1. The van der Waals surface area contributed by atoms with Crippen molar-refractivity contribution in [3.63, 3.8) is 0 Å². The molecule has 3 aromatic carbocycles. The predicted octanol–water partition coefficient (Wildman–Crippen LogP) is 6.29. The zero-order valence-electron chi connectivity index (χ0n) is 17.2. The molecule has 0 fully saturated rings. The minimum absolute atomic E-state index is 0.0148. The van der Waals surface area contributed by atoms with Crippen LogP contribution in [-0.2, 0) is 4.79 Å². The van der Waals surface area contributed by atoms with E-state index in [0.29, 0.717) is 6.07 Å². The zero-order chi connectivity index (χ0) is 25.7. The number of hydrogen-bond acceptors (Lipinski definition) is 7. The van der Waals surface area contributed by atoms with Crippen LogP contribution in [0.25, 0.3) is 6.08 Å². The average Bonchev–Trinajstić information content (AvgIpc) is 2.80. The van der Waals surface area contributed by atoms with Crippen molar-refractivity contribution in [2.75, 3.05) is 5.32 Å². The van der Waals surface area contributed by atoms with Gasteiger partial charge in [0.2, 0.25) is 5.75 Å². The van der Waals surface area contributed by atoms with Crippen molar-refractivity contribution in [2.24, 2.45) is 0 Å². The van der Waals surface area contributed by atoms with Gasteiger partial charge in [-0.3, -0.25) is 25.0 Å². The van der Waals surface area contributed by atoms with Gasteiger partial charge in [-0.2, -0.15) is 5.26 Å². The molecule has 1 N–H and O–H groups in total. The maximum Gasteiger partial charge on any atom is 0.318 e. The lowest BCUT2D eigenvalue weighted by Crippen LogP contribution is -2.13. The molecule has 35 heavy (non-hydrogen) atoms. The van der Waals surface area contributed by atoms with E-state index in [1.54, 1.807) is 6.07 Å². The van der Waals surface area contributed by atoms with Crippen molar-refractivity contribution >= 4 is 52.2 Å². The first-order valence-corrected chi connectivity index (χ1v) is 10.1. The van der Waals surface area contributed by atoms with Gasteiger partial charge in [-0.15, -0.1) is 0 Å². The molecule has 0 heterocycles. The molecule has 0 aromatic heterocycles. The van der Waals surface area contributed by atoms with E-state index in [4.69, 9.17) is 27.9 Å². The maximum atomic E-state index is 13.1. The van der Waals surface area contributed by atoms with Crippen molar-refractivity contribution in [1.82, 2.24) is 0 Å². The zero-order valence-corrected chi connectivity index (χ0v) is 18.7.